The first-order chi connectivity index (χ1) is 19.0. The van der Waals surface area contributed by atoms with Crippen LogP contribution in [0.25, 0.3) is 0 Å². The van der Waals surface area contributed by atoms with Gasteiger partial charge in [0, 0.05) is 0 Å². The highest BCUT2D eigenvalue weighted by molar-refractivity contribution is 7.74. The first-order valence-electron chi connectivity index (χ1n) is 14.9. The van der Waals surface area contributed by atoms with Gasteiger partial charge in [-0.3, -0.25) is 0 Å². The zero-order valence-electron chi connectivity index (χ0n) is 24.8. The quantitative estimate of drug-likeness (QED) is 0.154. The van der Waals surface area contributed by atoms with Gasteiger partial charge in [-0.25, -0.2) is 0 Å². The third-order valence-electron chi connectivity index (χ3n) is 7.95. The Morgan fingerprint density at radius 3 is 0.923 bits per heavy atom. The van der Waals surface area contributed by atoms with Crippen molar-refractivity contribution in [3.8, 4) is 0 Å². The van der Waals surface area contributed by atoms with Crippen LogP contribution in [0.1, 0.15) is 70.2 Å². The SMILES string of the molecule is CCc1cccc(P(c2cccc(CC)c2)C(C)CC(C)P(c2cccc(CC)c2)c2cccc(CC)c2)c1. The van der Waals surface area contributed by atoms with E-state index in [9.17, 15) is 0 Å². The molecule has 0 fully saturated rings. The molecule has 0 bridgehead atoms. The number of benzene rings is 4. The molecule has 204 valence electrons. The fourth-order valence-electron chi connectivity index (χ4n) is 5.73. The Morgan fingerprint density at radius 2 is 0.692 bits per heavy atom. The van der Waals surface area contributed by atoms with Crippen LogP contribution in [0.3, 0.4) is 0 Å². The fraction of sp³-hybridized carbons (Fsp3) is 0.351. The lowest BCUT2D eigenvalue weighted by molar-refractivity contribution is 0.793. The molecule has 0 aliphatic rings. The number of hydrogen-bond donors (Lipinski definition) is 0. The summed E-state index contributed by atoms with van der Waals surface area (Å²) in [6.07, 6.45) is 5.57. The molecule has 4 rings (SSSR count). The average molecular weight is 553 g/mol. The molecule has 0 saturated heterocycles. The van der Waals surface area contributed by atoms with E-state index in [1.54, 1.807) is 0 Å². The molecule has 0 aliphatic heterocycles. The maximum absolute atomic E-state index is 2.53. The minimum atomic E-state index is -0.459. The molecule has 0 aliphatic carbocycles. The van der Waals surface area contributed by atoms with E-state index in [0.717, 1.165) is 25.7 Å². The van der Waals surface area contributed by atoms with E-state index in [2.05, 4.69) is 139 Å². The molecule has 0 amide bonds. The molecule has 2 unspecified atom stereocenters. The minimum absolute atomic E-state index is 0.459. The van der Waals surface area contributed by atoms with Gasteiger partial charge in [0.25, 0.3) is 0 Å². The van der Waals surface area contributed by atoms with Gasteiger partial charge < -0.3 is 0 Å². The summed E-state index contributed by atoms with van der Waals surface area (Å²) in [7, 11) is -0.919. The largest absolute Gasteiger partial charge is 0.0613 e. The second-order valence-electron chi connectivity index (χ2n) is 10.8. The third-order valence-corrected chi connectivity index (χ3v) is 13.5. The van der Waals surface area contributed by atoms with E-state index >= 15 is 0 Å². The smallest absolute Gasteiger partial charge is 0.0151 e. The van der Waals surface area contributed by atoms with Gasteiger partial charge in [0.05, 0.1) is 0 Å². The van der Waals surface area contributed by atoms with Crippen LogP contribution >= 0.6 is 15.8 Å². The third kappa shape index (κ3) is 7.48. The monoisotopic (exact) mass is 552 g/mol. The Balaban J connectivity index is 1.74. The second-order valence-corrected chi connectivity index (χ2v) is 16.1. The van der Waals surface area contributed by atoms with Crippen molar-refractivity contribution in [2.24, 2.45) is 0 Å². The van der Waals surface area contributed by atoms with Crippen molar-refractivity contribution in [3.05, 3.63) is 119 Å². The van der Waals surface area contributed by atoms with Crippen LogP contribution in [0.2, 0.25) is 0 Å². The van der Waals surface area contributed by atoms with Crippen molar-refractivity contribution in [2.75, 3.05) is 0 Å². The summed E-state index contributed by atoms with van der Waals surface area (Å²) < 4.78 is 0. The molecule has 4 aromatic rings. The van der Waals surface area contributed by atoms with E-state index in [1.807, 2.05) is 0 Å². The maximum Gasteiger partial charge on any atom is -0.0151 e. The van der Waals surface area contributed by atoms with Crippen LogP contribution in [0, 0.1) is 0 Å². The first kappa shape index (κ1) is 29.7. The van der Waals surface area contributed by atoms with E-state index < -0.39 is 15.8 Å². The van der Waals surface area contributed by atoms with Crippen LogP contribution in [-0.4, -0.2) is 11.3 Å². The van der Waals surface area contributed by atoms with Crippen molar-refractivity contribution in [1.29, 1.82) is 0 Å². The Hall–Kier alpha value is -2.26. The highest BCUT2D eigenvalue weighted by Gasteiger charge is 2.28. The topological polar surface area (TPSA) is 0 Å². The van der Waals surface area contributed by atoms with Gasteiger partial charge in [0.1, 0.15) is 0 Å². The predicted octanol–water partition coefficient (Wildman–Crippen LogP) is 8.67. The number of hydrogen-bond acceptors (Lipinski definition) is 0. The molecular weight excluding hydrogens is 506 g/mol. The number of aryl methyl sites for hydroxylation is 4. The van der Waals surface area contributed by atoms with Crippen LogP contribution < -0.4 is 21.2 Å². The molecule has 0 radical (unpaired) electrons. The van der Waals surface area contributed by atoms with Gasteiger partial charge in [-0.1, -0.05) is 139 Å². The van der Waals surface area contributed by atoms with Crippen molar-refractivity contribution < 1.29 is 0 Å². The Labute approximate surface area is 240 Å². The fourth-order valence-corrected chi connectivity index (χ4v) is 11.8. The number of rotatable bonds is 12. The summed E-state index contributed by atoms with van der Waals surface area (Å²) in [6.45, 7) is 14.1. The van der Waals surface area contributed by atoms with Crippen LogP contribution in [0.15, 0.2) is 97.1 Å². The summed E-state index contributed by atoms with van der Waals surface area (Å²) in [4.78, 5) is 0. The molecule has 0 N–H and O–H groups in total. The second kappa shape index (κ2) is 14.4. The van der Waals surface area contributed by atoms with Crippen molar-refractivity contribution in [3.63, 3.8) is 0 Å². The highest BCUT2D eigenvalue weighted by atomic mass is 31.1. The van der Waals surface area contributed by atoms with Crippen LogP contribution in [0.5, 0.6) is 0 Å². The lowest BCUT2D eigenvalue weighted by atomic mass is 10.2. The first-order valence-corrected chi connectivity index (χ1v) is 17.7. The lowest BCUT2D eigenvalue weighted by Crippen LogP contribution is -2.26. The minimum Gasteiger partial charge on any atom is -0.0613 e. The molecule has 2 heteroatoms. The zero-order valence-corrected chi connectivity index (χ0v) is 26.6. The molecule has 0 heterocycles. The van der Waals surface area contributed by atoms with Gasteiger partial charge in [-0.15, -0.1) is 0 Å². The van der Waals surface area contributed by atoms with Crippen molar-refractivity contribution in [2.45, 2.75) is 85.0 Å². The maximum atomic E-state index is 2.53. The summed E-state index contributed by atoms with van der Waals surface area (Å²) in [6, 6.07) is 37.8. The predicted molar refractivity (Wildman–Crippen MR) is 179 cm³/mol. The summed E-state index contributed by atoms with van der Waals surface area (Å²) >= 11 is 0. The summed E-state index contributed by atoms with van der Waals surface area (Å²) in [5, 5.41) is 6.12. The highest BCUT2D eigenvalue weighted by Crippen LogP contribution is 2.48. The van der Waals surface area contributed by atoms with E-state index in [-0.39, 0.29) is 0 Å². The normalized spacial score (nSPS) is 13.1. The van der Waals surface area contributed by atoms with Crippen LogP contribution in [0.4, 0.5) is 0 Å². The van der Waals surface area contributed by atoms with Crippen molar-refractivity contribution >= 4 is 37.1 Å². The molecule has 0 spiro atoms. The van der Waals surface area contributed by atoms with Gasteiger partial charge in [-0.05, 0) is 103 Å². The molecule has 0 nitrogen and oxygen atoms in total. The van der Waals surface area contributed by atoms with Gasteiger partial charge >= 0.3 is 0 Å². The van der Waals surface area contributed by atoms with Gasteiger partial charge in [0.2, 0.25) is 0 Å². The van der Waals surface area contributed by atoms with E-state index in [0.29, 0.717) is 11.3 Å². The molecule has 0 saturated carbocycles. The summed E-state index contributed by atoms with van der Waals surface area (Å²) in [5.41, 5.74) is 6.96. The Bertz CT molecular complexity index is 1140. The Morgan fingerprint density at radius 1 is 0.436 bits per heavy atom. The molecule has 39 heavy (non-hydrogen) atoms. The lowest BCUT2D eigenvalue weighted by Gasteiger charge is -2.32. The molecule has 0 aromatic heterocycles. The zero-order chi connectivity index (χ0) is 27.8. The van der Waals surface area contributed by atoms with Gasteiger partial charge in [-0.2, -0.15) is 0 Å². The Kier molecular flexibility index (Phi) is 11.0. The molecule has 2 atom stereocenters. The summed E-state index contributed by atoms with van der Waals surface area (Å²) in [5.74, 6) is 0. The van der Waals surface area contributed by atoms with Crippen molar-refractivity contribution in [1.82, 2.24) is 0 Å². The van der Waals surface area contributed by atoms with Gasteiger partial charge in [0.15, 0.2) is 0 Å². The standard InChI is InChI=1S/C37H46P2/c1-7-30-15-11-19-34(24-30)38(35-20-12-16-31(8-2)25-35)28(5)23-29(6)39(36-21-13-17-32(9-3)26-36)37-22-14-18-33(10-4)27-37/h11-22,24-29H,7-10,23H2,1-6H3. The van der Waals surface area contributed by atoms with E-state index in [1.165, 1.54) is 49.9 Å². The molecular formula is C37H46P2. The van der Waals surface area contributed by atoms with Crippen LogP contribution in [-0.2, 0) is 25.7 Å². The van der Waals surface area contributed by atoms with E-state index in [4.69, 9.17) is 0 Å². The average Bonchev–Trinajstić information content (AvgIpc) is 2.97. The molecule has 4 aromatic carbocycles.